The summed E-state index contributed by atoms with van der Waals surface area (Å²) < 4.78 is 1.91. The molecule has 3 aromatic rings. The molecule has 0 N–H and O–H groups in total. The molecular formula is C21H22N4O. The molecule has 1 aliphatic heterocycles. The van der Waals surface area contributed by atoms with Gasteiger partial charge in [0.25, 0.3) is 0 Å². The molecule has 0 fully saturated rings. The molecule has 5 heteroatoms. The van der Waals surface area contributed by atoms with E-state index in [-0.39, 0.29) is 12.3 Å². The van der Waals surface area contributed by atoms with Crippen LogP contribution < -0.4 is 4.90 Å². The number of anilines is 1. The summed E-state index contributed by atoms with van der Waals surface area (Å²) in [7, 11) is 1.91. The third kappa shape index (κ3) is 2.90. The van der Waals surface area contributed by atoms with Crippen LogP contribution in [0.2, 0.25) is 0 Å². The number of carbonyl (C=O) groups is 1. The first kappa shape index (κ1) is 16.5. The molecule has 1 aromatic heterocycles. The van der Waals surface area contributed by atoms with Crippen LogP contribution >= 0.6 is 0 Å². The molecule has 1 aliphatic rings. The van der Waals surface area contributed by atoms with Crippen LogP contribution in [0, 0.1) is 0 Å². The third-order valence-electron chi connectivity index (χ3n) is 5.15. The first-order valence-corrected chi connectivity index (χ1v) is 8.98. The molecule has 2 heterocycles. The molecule has 26 heavy (non-hydrogen) atoms. The summed E-state index contributed by atoms with van der Waals surface area (Å²) in [6.07, 6.45) is 1.23. The lowest BCUT2D eigenvalue weighted by molar-refractivity contribution is -0.118. The number of hydrogen-bond acceptors (Lipinski definition) is 3. The largest absolute Gasteiger partial charge is 0.314 e. The van der Waals surface area contributed by atoms with E-state index in [4.69, 9.17) is 0 Å². The Morgan fingerprint density at radius 3 is 2.62 bits per heavy atom. The van der Waals surface area contributed by atoms with Crippen LogP contribution in [0.25, 0.3) is 11.4 Å². The number of amides is 1. The summed E-state index contributed by atoms with van der Waals surface area (Å²) in [6, 6.07) is 18.1. The van der Waals surface area contributed by atoms with Crippen molar-refractivity contribution in [3.05, 3.63) is 66.0 Å². The smallest absolute Gasteiger partial charge is 0.234 e. The number of nitrogens with zero attached hydrogens (tertiary/aromatic N) is 4. The zero-order chi connectivity index (χ0) is 18.1. The van der Waals surface area contributed by atoms with Gasteiger partial charge in [0, 0.05) is 24.8 Å². The summed E-state index contributed by atoms with van der Waals surface area (Å²) >= 11 is 0. The summed E-state index contributed by atoms with van der Waals surface area (Å²) in [5.74, 6) is 2.01. The van der Waals surface area contributed by atoms with Crippen molar-refractivity contribution in [3.63, 3.8) is 0 Å². The van der Waals surface area contributed by atoms with Crippen molar-refractivity contribution in [1.82, 2.24) is 14.8 Å². The van der Waals surface area contributed by atoms with Gasteiger partial charge >= 0.3 is 0 Å². The maximum Gasteiger partial charge on any atom is 0.234 e. The van der Waals surface area contributed by atoms with Gasteiger partial charge in [-0.3, -0.25) is 4.79 Å². The van der Waals surface area contributed by atoms with E-state index < -0.39 is 0 Å². The fraction of sp³-hybridized carbons (Fsp3) is 0.286. The number of carbonyl (C=O) groups excluding carboxylic acids is 1. The predicted octanol–water partition coefficient (Wildman–Crippen LogP) is 3.57. The lowest BCUT2D eigenvalue weighted by atomic mass is 9.91. The molecular weight excluding hydrogens is 324 g/mol. The highest BCUT2D eigenvalue weighted by atomic mass is 16.2. The second-order valence-corrected chi connectivity index (χ2v) is 6.84. The van der Waals surface area contributed by atoms with Crippen LogP contribution in [-0.2, 0) is 18.3 Å². The van der Waals surface area contributed by atoms with Crippen molar-refractivity contribution < 1.29 is 4.79 Å². The van der Waals surface area contributed by atoms with Crippen molar-refractivity contribution in [2.24, 2.45) is 7.05 Å². The number of rotatable bonds is 3. The third-order valence-corrected chi connectivity index (χ3v) is 5.15. The van der Waals surface area contributed by atoms with E-state index in [9.17, 15) is 4.79 Å². The van der Waals surface area contributed by atoms with Crippen molar-refractivity contribution in [2.75, 3.05) is 11.4 Å². The topological polar surface area (TPSA) is 51.0 Å². The average Bonchev–Trinajstić information content (AvgIpc) is 3.03. The minimum absolute atomic E-state index is 0.0689. The average molecular weight is 346 g/mol. The van der Waals surface area contributed by atoms with Crippen LogP contribution in [0.15, 0.2) is 54.6 Å². The van der Waals surface area contributed by atoms with Gasteiger partial charge in [-0.2, -0.15) is 0 Å². The number of hydrogen-bond donors (Lipinski definition) is 0. The summed E-state index contributed by atoms with van der Waals surface area (Å²) in [4.78, 5) is 14.9. The fourth-order valence-electron chi connectivity index (χ4n) is 3.59. The van der Waals surface area contributed by atoms with Crippen LogP contribution in [0.5, 0.6) is 0 Å². The zero-order valence-corrected chi connectivity index (χ0v) is 15.1. The molecule has 0 saturated heterocycles. The Hall–Kier alpha value is -2.95. The highest BCUT2D eigenvalue weighted by Gasteiger charge is 2.27. The zero-order valence-electron chi connectivity index (χ0n) is 15.1. The van der Waals surface area contributed by atoms with Gasteiger partial charge in [-0.05, 0) is 24.0 Å². The van der Waals surface area contributed by atoms with E-state index in [0.29, 0.717) is 11.7 Å². The highest BCUT2D eigenvalue weighted by molar-refractivity contribution is 5.95. The van der Waals surface area contributed by atoms with Gasteiger partial charge in [0.05, 0.1) is 6.42 Å². The van der Waals surface area contributed by atoms with Gasteiger partial charge < -0.3 is 9.47 Å². The Morgan fingerprint density at radius 1 is 1.08 bits per heavy atom. The summed E-state index contributed by atoms with van der Waals surface area (Å²) in [5, 5.41) is 8.55. The van der Waals surface area contributed by atoms with Gasteiger partial charge in [-0.15, -0.1) is 10.2 Å². The van der Waals surface area contributed by atoms with E-state index in [0.717, 1.165) is 30.0 Å². The molecule has 2 aromatic carbocycles. The lowest BCUT2D eigenvalue weighted by Gasteiger charge is -2.32. The molecule has 0 aliphatic carbocycles. The minimum atomic E-state index is 0.0689. The molecule has 1 amide bonds. The number of fused-ring (bicyclic) bond motifs is 1. The number of aromatic nitrogens is 3. The monoisotopic (exact) mass is 346 g/mol. The SMILES string of the molecule is C[C@H]1CCN(C(=O)Cc2nnc(-c3ccccc3)n2C)c2ccccc21. The van der Waals surface area contributed by atoms with Crippen molar-refractivity contribution in [2.45, 2.75) is 25.7 Å². The molecule has 4 rings (SSSR count). The first-order valence-electron chi connectivity index (χ1n) is 8.98. The molecule has 0 saturated carbocycles. The van der Waals surface area contributed by atoms with E-state index in [1.165, 1.54) is 5.56 Å². The normalized spacial score (nSPS) is 16.4. The Morgan fingerprint density at radius 2 is 1.81 bits per heavy atom. The minimum Gasteiger partial charge on any atom is -0.314 e. The first-order chi connectivity index (χ1) is 12.6. The maximum absolute atomic E-state index is 13.0. The van der Waals surface area contributed by atoms with Crippen LogP contribution in [0.1, 0.15) is 30.7 Å². The molecule has 0 bridgehead atoms. The van der Waals surface area contributed by atoms with Crippen LogP contribution in [0.4, 0.5) is 5.69 Å². The molecule has 132 valence electrons. The molecule has 5 nitrogen and oxygen atoms in total. The second kappa shape index (κ2) is 6.75. The van der Waals surface area contributed by atoms with E-state index in [2.05, 4.69) is 23.2 Å². The summed E-state index contributed by atoms with van der Waals surface area (Å²) in [5.41, 5.74) is 3.27. The van der Waals surface area contributed by atoms with Crippen molar-refractivity contribution >= 4 is 11.6 Å². The van der Waals surface area contributed by atoms with Gasteiger partial charge in [-0.25, -0.2) is 0 Å². The van der Waals surface area contributed by atoms with E-state index in [1.807, 2.05) is 65.0 Å². The summed E-state index contributed by atoms with van der Waals surface area (Å²) in [6.45, 7) is 2.97. The second-order valence-electron chi connectivity index (χ2n) is 6.84. The van der Waals surface area contributed by atoms with Gasteiger partial charge in [-0.1, -0.05) is 55.5 Å². The lowest BCUT2D eigenvalue weighted by Crippen LogP contribution is -2.37. The Balaban J connectivity index is 1.58. The van der Waals surface area contributed by atoms with Crippen LogP contribution in [0.3, 0.4) is 0 Å². The van der Waals surface area contributed by atoms with Crippen molar-refractivity contribution in [3.8, 4) is 11.4 Å². The molecule has 0 unspecified atom stereocenters. The van der Waals surface area contributed by atoms with E-state index >= 15 is 0 Å². The van der Waals surface area contributed by atoms with Gasteiger partial charge in [0.2, 0.25) is 5.91 Å². The predicted molar refractivity (Wildman–Crippen MR) is 102 cm³/mol. The number of para-hydroxylation sites is 1. The highest BCUT2D eigenvalue weighted by Crippen LogP contribution is 2.35. The Bertz CT molecular complexity index is 932. The molecule has 1 atom stereocenters. The molecule has 0 spiro atoms. The van der Waals surface area contributed by atoms with Gasteiger partial charge in [0.1, 0.15) is 5.82 Å². The molecule has 0 radical (unpaired) electrons. The Kier molecular flexibility index (Phi) is 4.29. The van der Waals surface area contributed by atoms with Gasteiger partial charge in [0.15, 0.2) is 5.82 Å². The van der Waals surface area contributed by atoms with Crippen LogP contribution in [-0.4, -0.2) is 27.2 Å². The number of benzene rings is 2. The fourth-order valence-corrected chi connectivity index (χ4v) is 3.59. The van der Waals surface area contributed by atoms with E-state index in [1.54, 1.807) is 0 Å². The maximum atomic E-state index is 13.0. The van der Waals surface area contributed by atoms with Crippen molar-refractivity contribution in [1.29, 1.82) is 0 Å². The quantitative estimate of drug-likeness (QED) is 0.728. The Labute approximate surface area is 153 Å². The standard InChI is InChI=1S/C21H22N4O/c1-15-12-13-25(18-11-7-6-10-17(15)18)20(26)14-19-22-23-21(24(19)2)16-8-4-3-5-9-16/h3-11,15H,12-14H2,1-2H3/t15-/m0/s1.